The van der Waals surface area contributed by atoms with Gasteiger partial charge in [-0.25, -0.2) is 0 Å². The second-order valence-electron chi connectivity index (χ2n) is 5.25. The van der Waals surface area contributed by atoms with Crippen molar-refractivity contribution in [1.29, 1.82) is 0 Å². The van der Waals surface area contributed by atoms with Crippen molar-refractivity contribution in [2.24, 2.45) is 0 Å². The van der Waals surface area contributed by atoms with Gasteiger partial charge in [0.2, 0.25) is 5.78 Å². The molecule has 3 aromatic rings. The Balaban J connectivity index is 2.16. The van der Waals surface area contributed by atoms with Gasteiger partial charge in [0, 0.05) is 34.5 Å². The first kappa shape index (κ1) is 16.2. The molecule has 2 heterocycles. The standard InChI is InChI=1S/C17H13ClN2O4/c18-10-1-2-13-11(6-10)12(7-15(22)23)16(20-13)17(24)14-5-9(8-21)3-4-19-14/h1-6,20-21H,7-8H2,(H,22,23)/p-1. The third kappa shape index (κ3) is 3.02. The molecule has 0 aliphatic rings. The third-order valence-corrected chi connectivity index (χ3v) is 3.89. The Morgan fingerprint density at radius 2 is 2.04 bits per heavy atom. The molecule has 0 aliphatic carbocycles. The SMILES string of the molecule is O=C([O-])Cc1c(C(=O)c2cc(CO)ccn2)[nH]c2ccc(Cl)cc12. The van der Waals surface area contributed by atoms with Crippen molar-refractivity contribution in [3.63, 3.8) is 0 Å². The number of carbonyl (C=O) groups is 2. The van der Waals surface area contributed by atoms with Crippen molar-refractivity contribution < 1.29 is 19.8 Å². The molecular formula is C17H12ClN2O4-. The Morgan fingerprint density at radius 3 is 2.75 bits per heavy atom. The fourth-order valence-electron chi connectivity index (χ4n) is 2.57. The molecule has 7 heteroatoms. The van der Waals surface area contributed by atoms with Crippen LogP contribution in [0.5, 0.6) is 0 Å². The number of ketones is 1. The number of aromatic amines is 1. The fourth-order valence-corrected chi connectivity index (χ4v) is 2.74. The van der Waals surface area contributed by atoms with Crippen LogP contribution >= 0.6 is 11.6 Å². The van der Waals surface area contributed by atoms with Crippen LogP contribution in [0.3, 0.4) is 0 Å². The molecule has 1 aromatic carbocycles. The number of benzene rings is 1. The number of aliphatic hydroxyl groups excluding tert-OH is 1. The van der Waals surface area contributed by atoms with Gasteiger partial charge in [0.05, 0.1) is 12.3 Å². The quantitative estimate of drug-likeness (QED) is 0.678. The van der Waals surface area contributed by atoms with E-state index in [4.69, 9.17) is 11.6 Å². The van der Waals surface area contributed by atoms with Crippen molar-refractivity contribution in [2.45, 2.75) is 13.0 Å². The van der Waals surface area contributed by atoms with Gasteiger partial charge in [-0.15, -0.1) is 0 Å². The molecule has 2 N–H and O–H groups in total. The molecule has 0 fully saturated rings. The average molecular weight is 344 g/mol. The lowest BCUT2D eigenvalue weighted by Crippen LogP contribution is -2.25. The smallest absolute Gasteiger partial charge is 0.227 e. The van der Waals surface area contributed by atoms with Crippen molar-refractivity contribution >= 4 is 34.3 Å². The molecule has 6 nitrogen and oxygen atoms in total. The van der Waals surface area contributed by atoms with E-state index in [-0.39, 0.29) is 18.0 Å². The Morgan fingerprint density at radius 1 is 1.25 bits per heavy atom. The Kier molecular flexibility index (Phi) is 4.33. The molecule has 0 unspecified atom stereocenters. The summed E-state index contributed by atoms with van der Waals surface area (Å²) in [7, 11) is 0. The highest BCUT2D eigenvalue weighted by Crippen LogP contribution is 2.27. The number of fused-ring (bicyclic) bond motifs is 1. The van der Waals surface area contributed by atoms with Crippen LogP contribution in [0.1, 0.15) is 27.3 Å². The zero-order chi connectivity index (χ0) is 17.3. The number of halogens is 1. The largest absolute Gasteiger partial charge is 0.550 e. The maximum absolute atomic E-state index is 12.7. The van der Waals surface area contributed by atoms with E-state index in [0.717, 1.165) is 0 Å². The zero-order valence-corrected chi connectivity index (χ0v) is 13.1. The topological polar surface area (TPSA) is 106 Å². The number of rotatable bonds is 5. The number of hydrogen-bond donors (Lipinski definition) is 2. The number of aliphatic hydroxyl groups is 1. The van der Waals surface area contributed by atoms with Gasteiger partial charge in [0.1, 0.15) is 5.69 Å². The highest BCUT2D eigenvalue weighted by atomic mass is 35.5. The van der Waals surface area contributed by atoms with Crippen molar-refractivity contribution in [1.82, 2.24) is 9.97 Å². The monoisotopic (exact) mass is 343 g/mol. The minimum Gasteiger partial charge on any atom is -0.550 e. The van der Waals surface area contributed by atoms with Gasteiger partial charge in [-0.1, -0.05) is 11.6 Å². The second-order valence-corrected chi connectivity index (χ2v) is 5.69. The molecule has 0 atom stereocenters. The molecule has 0 spiro atoms. The number of carboxylic acid groups (broad SMARTS) is 1. The Bertz CT molecular complexity index is 949. The van der Waals surface area contributed by atoms with E-state index < -0.39 is 18.2 Å². The summed E-state index contributed by atoms with van der Waals surface area (Å²) in [5.41, 5.74) is 1.66. The molecule has 0 bridgehead atoms. The van der Waals surface area contributed by atoms with Crippen LogP contribution < -0.4 is 5.11 Å². The van der Waals surface area contributed by atoms with Crippen LogP contribution in [0.4, 0.5) is 0 Å². The zero-order valence-electron chi connectivity index (χ0n) is 12.4. The molecular weight excluding hydrogens is 332 g/mol. The number of H-pyrrole nitrogens is 1. The minimum absolute atomic E-state index is 0.110. The first-order valence-electron chi connectivity index (χ1n) is 7.10. The summed E-state index contributed by atoms with van der Waals surface area (Å²) in [6.07, 6.45) is 0.984. The van der Waals surface area contributed by atoms with Crippen molar-refractivity contribution in [3.05, 3.63) is 64.1 Å². The van der Waals surface area contributed by atoms with Crippen LogP contribution in [0.2, 0.25) is 5.02 Å². The van der Waals surface area contributed by atoms with Crippen molar-refractivity contribution in [2.75, 3.05) is 0 Å². The summed E-state index contributed by atoms with van der Waals surface area (Å²) in [5, 5.41) is 21.3. The first-order chi connectivity index (χ1) is 11.5. The number of carboxylic acids is 1. The van der Waals surface area contributed by atoms with Crippen molar-refractivity contribution in [3.8, 4) is 0 Å². The summed E-state index contributed by atoms with van der Waals surface area (Å²) in [6.45, 7) is -0.225. The van der Waals surface area contributed by atoms with E-state index in [1.807, 2.05) is 0 Å². The second kappa shape index (κ2) is 6.43. The van der Waals surface area contributed by atoms with Crippen LogP contribution in [-0.4, -0.2) is 26.8 Å². The number of aliphatic carboxylic acids is 1. The van der Waals surface area contributed by atoms with Gasteiger partial charge in [0.25, 0.3) is 0 Å². The Labute approximate surface area is 141 Å². The highest BCUT2D eigenvalue weighted by Gasteiger charge is 2.20. The summed E-state index contributed by atoms with van der Waals surface area (Å²) in [6, 6.07) is 7.96. The van der Waals surface area contributed by atoms with Crippen LogP contribution in [0.15, 0.2) is 36.5 Å². The number of nitrogens with one attached hydrogen (secondary N) is 1. The summed E-state index contributed by atoms with van der Waals surface area (Å²) in [4.78, 5) is 30.8. The van der Waals surface area contributed by atoms with E-state index in [1.165, 1.54) is 12.3 Å². The molecule has 122 valence electrons. The highest BCUT2D eigenvalue weighted by molar-refractivity contribution is 6.31. The van der Waals surface area contributed by atoms with E-state index in [2.05, 4.69) is 9.97 Å². The molecule has 24 heavy (non-hydrogen) atoms. The van der Waals surface area contributed by atoms with E-state index in [0.29, 0.717) is 27.1 Å². The summed E-state index contributed by atoms with van der Waals surface area (Å²) in [5.74, 6) is -1.77. The third-order valence-electron chi connectivity index (χ3n) is 3.66. The van der Waals surface area contributed by atoms with Gasteiger partial charge in [-0.2, -0.15) is 0 Å². The lowest BCUT2D eigenvalue weighted by Gasteiger charge is -2.06. The predicted molar refractivity (Wildman–Crippen MR) is 85.6 cm³/mol. The van der Waals surface area contributed by atoms with Gasteiger partial charge in [-0.05, 0) is 41.5 Å². The van der Waals surface area contributed by atoms with Crippen LogP contribution in [0, 0.1) is 0 Å². The van der Waals surface area contributed by atoms with Gasteiger partial charge >= 0.3 is 0 Å². The molecule has 0 amide bonds. The molecule has 0 radical (unpaired) electrons. The molecule has 0 aliphatic heterocycles. The lowest BCUT2D eigenvalue weighted by molar-refractivity contribution is -0.304. The fraction of sp³-hybridized carbons (Fsp3) is 0.118. The van der Waals surface area contributed by atoms with E-state index in [1.54, 1.807) is 24.3 Å². The maximum Gasteiger partial charge on any atom is 0.227 e. The van der Waals surface area contributed by atoms with Gasteiger partial charge in [0.15, 0.2) is 0 Å². The predicted octanol–water partition coefficient (Wildman–Crippen LogP) is 1.23. The number of pyridine rings is 1. The molecule has 2 aromatic heterocycles. The van der Waals surface area contributed by atoms with E-state index >= 15 is 0 Å². The first-order valence-corrected chi connectivity index (χ1v) is 7.48. The van der Waals surface area contributed by atoms with Crippen LogP contribution in [-0.2, 0) is 17.8 Å². The number of hydrogen-bond acceptors (Lipinski definition) is 5. The number of aromatic nitrogens is 2. The summed E-state index contributed by atoms with van der Waals surface area (Å²) < 4.78 is 0. The Hall–Kier alpha value is -2.70. The minimum atomic E-state index is -1.30. The van der Waals surface area contributed by atoms with E-state index in [9.17, 15) is 19.8 Å². The maximum atomic E-state index is 12.7. The van der Waals surface area contributed by atoms with Crippen LogP contribution in [0.25, 0.3) is 10.9 Å². The van der Waals surface area contributed by atoms with Gasteiger partial charge < -0.3 is 20.0 Å². The lowest BCUT2D eigenvalue weighted by atomic mass is 10.0. The molecule has 3 rings (SSSR count). The number of nitrogens with zero attached hydrogens (tertiary/aromatic N) is 1. The number of carbonyl (C=O) groups excluding carboxylic acids is 2. The average Bonchev–Trinajstić information content (AvgIpc) is 2.91. The summed E-state index contributed by atoms with van der Waals surface area (Å²) >= 11 is 5.97. The normalized spacial score (nSPS) is 10.9. The molecule has 0 saturated carbocycles. The molecule has 0 saturated heterocycles. The van der Waals surface area contributed by atoms with Gasteiger partial charge in [-0.3, -0.25) is 9.78 Å².